The summed E-state index contributed by atoms with van der Waals surface area (Å²) in [7, 11) is -2.38. The molecule has 23 heavy (non-hydrogen) atoms. The van der Waals surface area contributed by atoms with Gasteiger partial charge in [0, 0.05) is 0 Å². The fourth-order valence-electron chi connectivity index (χ4n) is 2.55. The van der Waals surface area contributed by atoms with Gasteiger partial charge in [-0.3, -0.25) is 4.79 Å². The molecule has 0 amide bonds. The second-order valence-corrected chi connectivity index (χ2v) is 7.09. The van der Waals surface area contributed by atoms with Crippen LogP contribution in [0.1, 0.15) is 19.3 Å². The minimum atomic E-state index is -3.68. The highest BCUT2D eigenvalue weighted by Gasteiger charge is 2.34. The average molecular weight is 343 g/mol. The van der Waals surface area contributed by atoms with E-state index in [0.717, 1.165) is 0 Å². The Balaban J connectivity index is 2.02. The molecule has 1 saturated heterocycles. The number of aliphatic hydroxyl groups excluding tert-OH is 1. The third kappa shape index (κ3) is 4.74. The maximum absolute atomic E-state index is 12.3. The maximum atomic E-state index is 12.3. The number of rotatable bonds is 6. The molecule has 3 atom stereocenters. The van der Waals surface area contributed by atoms with Crippen molar-refractivity contribution in [3.8, 4) is 0 Å². The van der Waals surface area contributed by atoms with Gasteiger partial charge in [-0.2, -0.15) is 0 Å². The Morgan fingerprint density at radius 3 is 2.65 bits per heavy atom. The van der Waals surface area contributed by atoms with Gasteiger partial charge in [-0.05, 0) is 25.0 Å². The van der Waals surface area contributed by atoms with E-state index in [2.05, 4.69) is 9.46 Å². The van der Waals surface area contributed by atoms with Crippen LogP contribution in [0.4, 0.5) is 0 Å². The molecule has 1 aliphatic rings. The van der Waals surface area contributed by atoms with Crippen LogP contribution in [0.25, 0.3) is 0 Å². The van der Waals surface area contributed by atoms with Gasteiger partial charge in [0.05, 0.1) is 43.3 Å². The van der Waals surface area contributed by atoms with Gasteiger partial charge in [-0.1, -0.05) is 18.2 Å². The van der Waals surface area contributed by atoms with Gasteiger partial charge in [0.25, 0.3) is 0 Å². The molecule has 7 nitrogen and oxygen atoms in total. The number of carbonyl (C=O) groups is 1. The molecule has 1 aliphatic heterocycles. The fourth-order valence-corrected chi connectivity index (χ4v) is 3.87. The van der Waals surface area contributed by atoms with Crippen molar-refractivity contribution in [1.82, 2.24) is 4.72 Å². The van der Waals surface area contributed by atoms with Crippen LogP contribution >= 0.6 is 0 Å². The lowest BCUT2D eigenvalue weighted by molar-refractivity contribution is -0.149. The topological polar surface area (TPSA) is 102 Å². The Morgan fingerprint density at radius 1 is 1.35 bits per heavy atom. The predicted molar refractivity (Wildman–Crippen MR) is 82.2 cm³/mol. The Hall–Kier alpha value is -1.48. The zero-order valence-corrected chi connectivity index (χ0v) is 13.7. The molecule has 1 heterocycles. The molecular weight excluding hydrogens is 322 g/mol. The Kier molecular flexibility index (Phi) is 6.11. The summed E-state index contributed by atoms with van der Waals surface area (Å²) in [5.74, 6) is -0.394. The quantitative estimate of drug-likeness (QED) is 0.727. The van der Waals surface area contributed by atoms with Crippen LogP contribution in [0.5, 0.6) is 0 Å². The van der Waals surface area contributed by atoms with E-state index in [0.29, 0.717) is 12.8 Å². The van der Waals surface area contributed by atoms with Gasteiger partial charge in [0.1, 0.15) is 0 Å². The predicted octanol–water partition coefficient (Wildman–Crippen LogP) is 0.436. The van der Waals surface area contributed by atoms with E-state index >= 15 is 0 Å². The largest absolute Gasteiger partial charge is 0.469 e. The van der Waals surface area contributed by atoms with E-state index in [-0.39, 0.29) is 24.0 Å². The minimum Gasteiger partial charge on any atom is -0.469 e. The summed E-state index contributed by atoms with van der Waals surface area (Å²) in [5, 5.41) is 9.46. The smallest absolute Gasteiger partial charge is 0.308 e. The number of benzene rings is 1. The lowest BCUT2D eigenvalue weighted by atomic mass is 9.98. The molecule has 1 aromatic rings. The number of aliphatic hydroxyl groups is 1. The van der Waals surface area contributed by atoms with Crippen molar-refractivity contribution in [3.05, 3.63) is 30.3 Å². The van der Waals surface area contributed by atoms with Crippen LogP contribution < -0.4 is 4.72 Å². The number of nitrogens with one attached hydrogen (secondary N) is 1. The van der Waals surface area contributed by atoms with E-state index in [4.69, 9.17) is 4.74 Å². The molecule has 128 valence electrons. The van der Waals surface area contributed by atoms with E-state index in [1.165, 1.54) is 19.2 Å². The van der Waals surface area contributed by atoms with Crippen molar-refractivity contribution in [1.29, 1.82) is 0 Å². The third-order valence-corrected chi connectivity index (χ3v) is 5.28. The molecule has 1 fully saturated rings. The van der Waals surface area contributed by atoms with Gasteiger partial charge in [0.2, 0.25) is 10.0 Å². The van der Waals surface area contributed by atoms with E-state index in [9.17, 15) is 18.3 Å². The number of hydrogen-bond donors (Lipinski definition) is 2. The first-order valence-corrected chi connectivity index (χ1v) is 8.85. The summed E-state index contributed by atoms with van der Waals surface area (Å²) >= 11 is 0. The Morgan fingerprint density at radius 2 is 2.04 bits per heavy atom. The number of esters is 1. The molecule has 0 spiro atoms. The molecule has 0 aromatic heterocycles. The van der Waals surface area contributed by atoms with Crippen LogP contribution in [0, 0.1) is 0 Å². The number of carbonyl (C=O) groups excluding carboxylic acids is 1. The lowest BCUT2D eigenvalue weighted by Crippen LogP contribution is -2.51. The number of methoxy groups -OCH3 is 1. The molecule has 8 heteroatoms. The molecule has 0 aliphatic carbocycles. The molecule has 0 saturated carbocycles. The molecule has 0 radical (unpaired) electrons. The molecule has 2 N–H and O–H groups in total. The Bertz CT molecular complexity index is 618. The Labute approximate surface area is 135 Å². The zero-order valence-electron chi connectivity index (χ0n) is 12.8. The molecule has 2 rings (SSSR count). The highest BCUT2D eigenvalue weighted by molar-refractivity contribution is 7.89. The van der Waals surface area contributed by atoms with Crippen molar-refractivity contribution >= 4 is 16.0 Å². The first kappa shape index (κ1) is 17.9. The summed E-state index contributed by atoms with van der Waals surface area (Å²) in [5.41, 5.74) is 0. The molecule has 0 unspecified atom stereocenters. The van der Waals surface area contributed by atoms with Crippen molar-refractivity contribution in [2.45, 2.75) is 42.4 Å². The zero-order chi connectivity index (χ0) is 16.9. The van der Waals surface area contributed by atoms with Crippen molar-refractivity contribution in [2.24, 2.45) is 0 Å². The fraction of sp³-hybridized carbons (Fsp3) is 0.533. The van der Waals surface area contributed by atoms with Gasteiger partial charge in [-0.25, -0.2) is 13.1 Å². The van der Waals surface area contributed by atoms with Gasteiger partial charge >= 0.3 is 5.97 Å². The molecule has 1 aromatic carbocycles. The van der Waals surface area contributed by atoms with Crippen molar-refractivity contribution in [3.63, 3.8) is 0 Å². The lowest BCUT2D eigenvalue weighted by Gasteiger charge is -2.35. The summed E-state index contributed by atoms with van der Waals surface area (Å²) in [4.78, 5) is 11.5. The SMILES string of the molecule is COC(=O)C[C@H]1CC[C@@H](NS(=O)(=O)c2ccccc2)[C@@H](CO)O1. The number of ether oxygens (including phenoxy) is 2. The maximum Gasteiger partial charge on any atom is 0.308 e. The second-order valence-electron chi connectivity index (χ2n) is 5.38. The summed E-state index contributed by atoms with van der Waals surface area (Å²) in [6.45, 7) is -0.334. The van der Waals surface area contributed by atoms with E-state index in [1.54, 1.807) is 18.2 Å². The standard InChI is InChI=1S/C15H21NO6S/c1-21-15(18)9-11-7-8-13(14(10-17)22-11)16-23(19,20)12-5-3-2-4-6-12/h2-6,11,13-14,16-17H,7-10H2,1H3/t11-,13-,14-/m1/s1. The van der Waals surface area contributed by atoms with Crippen molar-refractivity contribution in [2.75, 3.05) is 13.7 Å². The van der Waals surface area contributed by atoms with Crippen LogP contribution in [0.15, 0.2) is 35.2 Å². The first-order chi connectivity index (χ1) is 11.0. The van der Waals surface area contributed by atoms with Crippen LogP contribution in [-0.2, 0) is 24.3 Å². The monoisotopic (exact) mass is 343 g/mol. The second kappa shape index (κ2) is 7.87. The summed E-state index contributed by atoms with van der Waals surface area (Å²) in [6.07, 6.45) is -0.00788. The number of hydrogen-bond acceptors (Lipinski definition) is 6. The van der Waals surface area contributed by atoms with E-state index in [1.807, 2.05) is 0 Å². The highest BCUT2D eigenvalue weighted by atomic mass is 32.2. The average Bonchev–Trinajstić information content (AvgIpc) is 2.56. The van der Waals surface area contributed by atoms with Crippen LogP contribution in [-0.4, -0.2) is 51.5 Å². The first-order valence-electron chi connectivity index (χ1n) is 7.36. The van der Waals surface area contributed by atoms with Gasteiger partial charge in [0.15, 0.2) is 0 Å². The summed E-state index contributed by atoms with van der Waals surface area (Å²) in [6, 6.07) is 7.47. The van der Waals surface area contributed by atoms with E-state index < -0.39 is 28.1 Å². The van der Waals surface area contributed by atoms with Crippen LogP contribution in [0.2, 0.25) is 0 Å². The van der Waals surface area contributed by atoms with Crippen LogP contribution in [0.3, 0.4) is 0 Å². The number of sulfonamides is 1. The third-order valence-electron chi connectivity index (χ3n) is 3.78. The van der Waals surface area contributed by atoms with Gasteiger partial charge < -0.3 is 14.6 Å². The van der Waals surface area contributed by atoms with Crippen molar-refractivity contribution < 1.29 is 27.8 Å². The normalized spacial score (nSPS) is 25.0. The summed E-state index contributed by atoms with van der Waals surface area (Å²) < 4.78 is 37.5. The highest BCUT2D eigenvalue weighted by Crippen LogP contribution is 2.23. The molecule has 0 bridgehead atoms. The van der Waals surface area contributed by atoms with Gasteiger partial charge in [-0.15, -0.1) is 0 Å². The minimum absolute atomic E-state index is 0.0884. The molecular formula is C15H21NO6S.